The van der Waals surface area contributed by atoms with Crippen molar-refractivity contribution in [3.8, 4) is 0 Å². The van der Waals surface area contributed by atoms with Gasteiger partial charge >= 0.3 is 0 Å². The third kappa shape index (κ3) is 2.84. The van der Waals surface area contributed by atoms with Gasteiger partial charge in [0.25, 0.3) is 0 Å². The monoisotopic (exact) mass is 368 g/mol. The molecule has 140 valence electrons. The fourth-order valence-electron chi connectivity index (χ4n) is 4.64. The first-order valence-corrected chi connectivity index (χ1v) is 9.68. The van der Waals surface area contributed by atoms with Crippen LogP contribution in [0.3, 0.4) is 0 Å². The van der Waals surface area contributed by atoms with Gasteiger partial charge in [0.1, 0.15) is 5.76 Å². The van der Waals surface area contributed by atoms with Gasteiger partial charge in [-0.25, -0.2) is 0 Å². The Morgan fingerprint density at radius 3 is 2.00 bits per heavy atom. The van der Waals surface area contributed by atoms with Crippen molar-refractivity contribution in [3.05, 3.63) is 117 Å². The lowest BCUT2D eigenvalue weighted by Gasteiger charge is -2.44. The first-order valence-electron chi connectivity index (χ1n) is 9.68. The molecule has 2 aromatic carbocycles. The molecule has 2 aliphatic rings. The quantitative estimate of drug-likeness (QED) is 0.489. The Balaban J connectivity index is 2.16. The molecule has 0 unspecified atom stereocenters. The maximum absolute atomic E-state index is 9.96. The van der Waals surface area contributed by atoms with Crippen molar-refractivity contribution in [2.45, 2.75) is 38.5 Å². The summed E-state index contributed by atoms with van der Waals surface area (Å²) in [6.45, 7) is 3.67. The number of fused-ring (bicyclic) bond motifs is 2. The summed E-state index contributed by atoms with van der Waals surface area (Å²) in [4.78, 5) is 0. The van der Waals surface area contributed by atoms with Crippen LogP contribution in [0.1, 0.15) is 48.9 Å². The van der Waals surface area contributed by atoms with Gasteiger partial charge in [-0.3, -0.25) is 0 Å². The van der Waals surface area contributed by atoms with Crippen LogP contribution in [0.5, 0.6) is 0 Å². The fraction of sp³-hybridized carbons (Fsp3) is 0.231. The highest BCUT2D eigenvalue weighted by Crippen LogP contribution is 2.52. The van der Waals surface area contributed by atoms with Gasteiger partial charge in [-0.05, 0) is 65.0 Å². The number of aliphatic hydroxyl groups is 2. The molecule has 2 heteroatoms. The predicted octanol–water partition coefficient (Wildman–Crippen LogP) is 6.20. The summed E-state index contributed by atoms with van der Waals surface area (Å²) >= 11 is 0. The zero-order valence-electron chi connectivity index (χ0n) is 16.3. The third-order valence-electron chi connectivity index (χ3n) is 5.83. The molecule has 2 aromatic rings. The van der Waals surface area contributed by atoms with E-state index in [9.17, 15) is 10.2 Å². The van der Waals surface area contributed by atoms with E-state index in [1.807, 2.05) is 6.08 Å². The van der Waals surface area contributed by atoms with Gasteiger partial charge in [0.15, 0.2) is 0 Å². The van der Waals surface area contributed by atoms with Gasteiger partial charge in [-0.1, -0.05) is 60.3 Å². The highest BCUT2D eigenvalue weighted by atomic mass is 16.3. The Hall–Kier alpha value is -3.18. The normalized spacial score (nSPS) is 16.5. The largest absolute Gasteiger partial charge is 0.512 e. The van der Waals surface area contributed by atoms with E-state index >= 15 is 0 Å². The fourth-order valence-corrected chi connectivity index (χ4v) is 4.64. The van der Waals surface area contributed by atoms with Gasteiger partial charge in [0.05, 0.1) is 11.2 Å². The van der Waals surface area contributed by atoms with Crippen LogP contribution in [0.25, 0.3) is 0 Å². The first-order chi connectivity index (χ1) is 13.5. The molecule has 0 heterocycles. The summed E-state index contributed by atoms with van der Waals surface area (Å²) in [5.41, 5.74) is 12.9. The van der Waals surface area contributed by atoms with Gasteiger partial charge in [0.2, 0.25) is 0 Å². The third-order valence-corrected chi connectivity index (χ3v) is 5.83. The molecular formula is C26H24O2. The highest BCUT2D eigenvalue weighted by molar-refractivity contribution is 5.65. The molecule has 2 aliphatic carbocycles. The molecular weight excluding hydrogens is 344 g/mol. The molecule has 0 amide bonds. The molecule has 2 N–H and O–H groups in total. The highest BCUT2D eigenvalue weighted by Gasteiger charge is 2.45. The second kappa shape index (κ2) is 7.09. The van der Waals surface area contributed by atoms with Crippen molar-refractivity contribution in [2.75, 3.05) is 0 Å². The van der Waals surface area contributed by atoms with E-state index < -0.39 is 5.41 Å². The Morgan fingerprint density at radius 2 is 1.46 bits per heavy atom. The number of allylic oxidation sites excluding steroid dienone is 6. The van der Waals surface area contributed by atoms with Crippen LogP contribution in [-0.4, -0.2) is 10.2 Å². The van der Waals surface area contributed by atoms with Crippen LogP contribution in [0.4, 0.5) is 0 Å². The first kappa shape index (κ1) is 18.2. The van der Waals surface area contributed by atoms with Gasteiger partial charge in [0, 0.05) is 13.3 Å². The van der Waals surface area contributed by atoms with E-state index in [1.54, 1.807) is 6.92 Å². The molecule has 0 saturated carbocycles. The number of hydrogen-bond donors (Lipinski definition) is 2. The molecule has 0 radical (unpaired) electrons. The smallest absolute Gasteiger partial charge is 0.140 e. The van der Waals surface area contributed by atoms with Crippen molar-refractivity contribution in [1.82, 2.24) is 0 Å². The molecule has 0 saturated heterocycles. The molecule has 0 bridgehead atoms. The number of hydrogen-bond acceptors (Lipinski definition) is 2. The summed E-state index contributed by atoms with van der Waals surface area (Å²) in [6, 6.07) is 17.1. The Bertz CT molecular complexity index is 1050. The molecule has 0 atom stereocenters. The number of rotatable bonds is 2. The van der Waals surface area contributed by atoms with Gasteiger partial charge < -0.3 is 10.2 Å². The standard InChI is InChI=1S/C26H24O2/c1-18(11-12-19(2)27)26(22-13-15-23(28)16-14-22)24-9-5-3-7-20(24)17-21-8-4-6-10-25(21)26/h3-10,13,15,27-28H,14,16-17H2,1-2H3. The molecule has 2 nitrogen and oxygen atoms in total. The predicted molar refractivity (Wildman–Crippen MR) is 113 cm³/mol. The minimum atomic E-state index is -0.481. The van der Waals surface area contributed by atoms with E-state index in [0.717, 1.165) is 18.4 Å². The van der Waals surface area contributed by atoms with Crippen LogP contribution in [0.2, 0.25) is 0 Å². The van der Waals surface area contributed by atoms with Crippen molar-refractivity contribution in [3.63, 3.8) is 0 Å². The maximum Gasteiger partial charge on any atom is 0.140 e. The molecule has 0 spiro atoms. The van der Waals surface area contributed by atoms with E-state index in [2.05, 4.69) is 73.0 Å². The van der Waals surface area contributed by atoms with E-state index in [0.29, 0.717) is 12.2 Å². The lowest BCUT2D eigenvalue weighted by molar-refractivity contribution is 0.382. The van der Waals surface area contributed by atoms with Crippen LogP contribution in [0.15, 0.2) is 94.8 Å². The summed E-state index contributed by atoms with van der Waals surface area (Å²) < 4.78 is 0. The number of benzene rings is 2. The summed E-state index contributed by atoms with van der Waals surface area (Å²) in [5, 5.41) is 19.7. The van der Waals surface area contributed by atoms with E-state index in [1.165, 1.54) is 27.8 Å². The maximum atomic E-state index is 9.96. The van der Waals surface area contributed by atoms with Crippen molar-refractivity contribution in [2.24, 2.45) is 0 Å². The minimum Gasteiger partial charge on any atom is -0.512 e. The van der Waals surface area contributed by atoms with Gasteiger partial charge in [-0.2, -0.15) is 0 Å². The minimum absolute atomic E-state index is 0.113. The summed E-state index contributed by atoms with van der Waals surface area (Å²) in [7, 11) is 0. The van der Waals surface area contributed by atoms with E-state index in [-0.39, 0.29) is 5.76 Å². The Kier molecular flexibility index (Phi) is 4.61. The molecule has 28 heavy (non-hydrogen) atoms. The second-order valence-corrected chi connectivity index (χ2v) is 7.55. The number of aliphatic hydroxyl groups excluding tert-OH is 2. The molecule has 0 aliphatic heterocycles. The van der Waals surface area contributed by atoms with Crippen LogP contribution < -0.4 is 0 Å². The average Bonchev–Trinajstić information content (AvgIpc) is 2.71. The summed E-state index contributed by atoms with van der Waals surface area (Å²) in [6.07, 6.45) is 6.16. The van der Waals surface area contributed by atoms with Crippen LogP contribution in [-0.2, 0) is 11.8 Å². The van der Waals surface area contributed by atoms with Crippen molar-refractivity contribution >= 4 is 0 Å². The Morgan fingerprint density at radius 1 is 0.857 bits per heavy atom. The lowest BCUT2D eigenvalue weighted by Crippen LogP contribution is -2.37. The van der Waals surface area contributed by atoms with Crippen LogP contribution >= 0.6 is 0 Å². The van der Waals surface area contributed by atoms with Crippen molar-refractivity contribution in [1.29, 1.82) is 0 Å². The lowest BCUT2D eigenvalue weighted by atomic mass is 9.58. The average molecular weight is 368 g/mol. The topological polar surface area (TPSA) is 40.5 Å². The summed E-state index contributed by atoms with van der Waals surface area (Å²) in [5.74, 6) is 0.529. The molecule has 0 fully saturated rings. The van der Waals surface area contributed by atoms with E-state index in [4.69, 9.17) is 0 Å². The van der Waals surface area contributed by atoms with Gasteiger partial charge in [-0.15, -0.1) is 0 Å². The van der Waals surface area contributed by atoms with Crippen LogP contribution in [0, 0.1) is 0 Å². The molecule has 4 rings (SSSR count). The molecule has 0 aromatic heterocycles. The zero-order chi connectivity index (χ0) is 19.7. The van der Waals surface area contributed by atoms with Crippen molar-refractivity contribution < 1.29 is 10.2 Å². The SMILES string of the molecule is CC(O)=C=C=C(C)C1(C2=CC=C(O)CC2)c2ccccc2Cc2ccccc21. The zero-order valence-corrected chi connectivity index (χ0v) is 16.3. The second-order valence-electron chi connectivity index (χ2n) is 7.55. The Labute approximate surface area is 166 Å².